The van der Waals surface area contributed by atoms with Crippen molar-refractivity contribution in [3.8, 4) is 11.5 Å². The fourth-order valence-electron chi connectivity index (χ4n) is 1.91. The molecule has 0 bridgehead atoms. The minimum Gasteiger partial charge on any atom is -0.504 e. The highest BCUT2D eigenvalue weighted by Crippen LogP contribution is 2.35. The molecule has 0 spiro atoms. The zero-order valence-corrected chi connectivity index (χ0v) is 9.40. The molecular formula is C12H15NO3. The first-order valence-corrected chi connectivity index (χ1v) is 5.44. The number of aromatic nitrogens is 1. The summed E-state index contributed by atoms with van der Waals surface area (Å²) < 4.78 is 5.13. The summed E-state index contributed by atoms with van der Waals surface area (Å²) in [6, 6.07) is 2.89. The van der Waals surface area contributed by atoms with Gasteiger partial charge in [-0.25, -0.2) is 0 Å². The zero-order chi connectivity index (χ0) is 11.7. The van der Waals surface area contributed by atoms with E-state index in [0.29, 0.717) is 5.58 Å². The van der Waals surface area contributed by atoms with Crippen LogP contribution >= 0.6 is 0 Å². The average Bonchev–Trinajstić information content (AvgIpc) is 2.62. The highest BCUT2D eigenvalue weighted by atomic mass is 16.5. The van der Waals surface area contributed by atoms with Crippen molar-refractivity contribution < 1.29 is 14.7 Å². The molecule has 0 aliphatic carbocycles. The lowest BCUT2D eigenvalue weighted by molar-refractivity contribution is 0.401. The van der Waals surface area contributed by atoms with E-state index in [1.165, 1.54) is 12.1 Å². The molecule has 0 aliphatic heterocycles. The van der Waals surface area contributed by atoms with Gasteiger partial charge in [0.2, 0.25) is 0 Å². The van der Waals surface area contributed by atoms with Crippen LogP contribution in [0.15, 0.2) is 16.7 Å². The van der Waals surface area contributed by atoms with Crippen LogP contribution in [0.4, 0.5) is 0 Å². The van der Waals surface area contributed by atoms with Crippen LogP contribution in [0, 0.1) is 0 Å². The van der Waals surface area contributed by atoms with Crippen molar-refractivity contribution >= 4 is 11.0 Å². The number of nitrogens with zero attached hydrogens (tertiary/aromatic N) is 1. The molecule has 1 atom stereocenters. The Labute approximate surface area is 93.5 Å². The summed E-state index contributed by atoms with van der Waals surface area (Å²) in [4.78, 5) is 0. The Hall–Kier alpha value is -1.71. The van der Waals surface area contributed by atoms with Gasteiger partial charge >= 0.3 is 0 Å². The maximum absolute atomic E-state index is 9.45. The van der Waals surface area contributed by atoms with Gasteiger partial charge in [-0.2, -0.15) is 0 Å². The molecule has 16 heavy (non-hydrogen) atoms. The van der Waals surface area contributed by atoms with Crippen molar-refractivity contribution in [3.05, 3.63) is 17.8 Å². The summed E-state index contributed by atoms with van der Waals surface area (Å²) in [6.07, 6.45) is 2.09. The predicted molar refractivity (Wildman–Crippen MR) is 60.7 cm³/mol. The normalized spacial score (nSPS) is 13.1. The molecule has 1 unspecified atom stereocenters. The maximum Gasteiger partial charge on any atom is 0.171 e. The van der Waals surface area contributed by atoms with Gasteiger partial charge in [0, 0.05) is 17.4 Å². The summed E-state index contributed by atoms with van der Waals surface area (Å²) in [7, 11) is 0. The molecule has 1 aromatic carbocycles. The van der Waals surface area contributed by atoms with Crippen LogP contribution in [0.2, 0.25) is 0 Å². The van der Waals surface area contributed by atoms with Crippen LogP contribution < -0.4 is 0 Å². The minimum atomic E-state index is -0.182. The summed E-state index contributed by atoms with van der Waals surface area (Å²) in [5, 5.41) is 23.6. The standard InChI is InChI=1S/C12H15NO3/c1-3-4-7(2)12-8-5-9(14)10(15)6-11(8)16-13-12/h5-7,14-15H,3-4H2,1-2H3. The quantitative estimate of drug-likeness (QED) is 0.781. The second kappa shape index (κ2) is 4.04. The summed E-state index contributed by atoms with van der Waals surface area (Å²) in [6.45, 7) is 4.19. The zero-order valence-electron chi connectivity index (χ0n) is 9.40. The third-order valence-electron chi connectivity index (χ3n) is 2.78. The number of hydrogen-bond acceptors (Lipinski definition) is 4. The van der Waals surface area contributed by atoms with Gasteiger partial charge in [0.1, 0.15) is 0 Å². The first-order chi connectivity index (χ1) is 7.63. The number of benzene rings is 1. The van der Waals surface area contributed by atoms with E-state index >= 15 is 0 Å². The lowest BCUT2D eigenvalue weighted by Gasteiger charge is -2.05. The van der Waals surface area contributed by atoms with Crippen molar-refractivity contribution in [2.24, 2.45) is 0 Å². The van der Waals surface area contributed by atoms with Gasteiger partial charge in [-0.1, -0.05) is 25.4 Å². The fourth-order valence-corrected chi connectivity index (χ4v) is 1.91. The summed E-state index contributed by atoms with van der Waals surface area (Å²) in [5.41, 5.74) is 1.35. The number of fused-ring (bicyclic) bond motifs is 1. The molecule has 2 aromatic rings. The van der Waals surface area contributed by atoms with E-state index in [-0.39, 0.29) is 17.4 Å². The van der Waals surface area contributed by atoms with Crippen molar-refractivity contribution in [1.29, 1.82) is 0 Å². The Morgan fingerprint density at radius 2 is 2.00 bits per heavy atom. The molecule has 2 N–H and O–H groups in total. The van der Waals surface area contributed by atoms with Crippen LogP contribution in [0.1, 0.15) is 38.3 Å². The second-order valence-electron chi connectivity index (χ2n) is 4.09. The Morgan fingerprint density at radius 1 is 1.31 bits per heavy atom. The Bertz CT molecular complexity index is 504. The van der Waals surface area contributed by atoms with Crippen LogP contribution in [0.3, 0.4) is 0 Å². The SMILES string of the molecule is CCCC(C)c1noc2cc(O)c(O)cc12. The van der Waals surface area contributed by atoms with Crippen molar-refractivity contribution in [3.63, 3.8) is 0 Å². The van der Waals surface area contributed by atoms with Gasteiger partial charge in [0.15, 0.2) is 17.1 Å². The highest BCUT2D eigenvalue weighted by molar-refractivity contribution is 5.83. The second-order valence-corrected chi connectivity index (χ2v) is 4.09. The van der Waals surface area contributed by atoms with E-state index in [2.05, 4.69) is 19.0 Å². The summed E-state index contributed by atoms with van der Waals surface area (Å²) in [5.74, 6) is -0.0332. The number of rotatable bonds is 3. The number of phenolic OH excluding ortho intramolecular Hbond substituents is 2. The topological polar surface area (TPSA) is 66.5 Å². The van der Waals surface area contributed by atoms with E-state index in [9.17, 15) is 10.2 Å². The van der Waals surface area contributed by atoms with Crippen molar-refractivity contribution in [1.82, 2.24) is 5.16 Å². The van der Waals surface area contributed by atoms with Crippen molar-refractivity contribution in [2.45, 2.75) is 32.6 Å². The fraction of sp³-hybridized carbons (Fsp3) is 0.417. The van der Waals surface area contributed by atoms with Crippen LogP contribution in [0.25, 0.3) is 11.0 Å². The van der Waals surface area contributed by atoms with Gasteiger partial charge < -0.3 is 14.7 Å². The van der Waals surface area contributed by atoms with E-state index in [0.717, 1.165) is 23.9 Å². The minimum absolute atomic E-state index is 0.138. The molecule has 86 valence electrons. The van der Waals surface area contributed by atoms with Gasteiger partial charge in [0.25, 0.3) is 0 Å². The van der Waals surface area contributed by atoms with Crippen LogP contribution in [-0.4, -0.2) is 15.4 Å². The molecule has 4 nitrogen and oxygen atoms in total. The monoisotopic (exact) mass is 221 g/mol. The van der Waals surface area contributed by atoms with E-state index < -0.39 is 0 Å². The molecule has 1 aromatic heterocycles. The molecule has 1 heterocycles. The van der Waals surface area contributed by atoms with E-state index in [4.69, 9.17) is 4.52 Å². The largest absolute Gasteiger partial charge is 0.504 e. The lowest BCUT2D eigenvalue weighted by atomic mass is 9.99. The lowest BCUT2D eigenvalue weighted by Crippen LogP contribution is -1.93. The first kappa shape index (κ1) is 10.8. The molecule has 0 saturated heterocycles. The Kier molecular flexibility index (Phi) is 2.73. The number of phenols is 2. The van der Waals surface area contributed by atoms with Gasteiger partial charge in [0.05, 0.1) is 5.69 Å². The molecule has 0 aliphatic rings. The van der Waals surface area contributed by atoms with Crippen LogP contribution in [0.5, 0.6) is 11.5 Å². The molecule has 0 saturated carbocycles. The van der Waals surface area contributed by atoms with E-state index in [1.54, 1.807) is 0 Å². The predicted octanol–water partition coefficient (Wildman–Crippen LogP) is 3.14. The van der Waals surface area contributed by atoms with Crippen LogP contribution in [-0.2, 0) is 0 Å². The highest BCUT2D eigenvalue weighted by Gasteiger charge is 2.16. The average molecular weight is 221 g/mol. The molecule has 0 radical (unpaired) electrons. The maximum atomic E-state index is 9.45. The number of hydrogen-bond donors (Lipinski definition) is 2. The molecular weight excluding hydrogens is 206 g/mol. The summed E-state index contributed by atoms with van der Waals surface area (Å²) >= 11 is 0. The van der Waals surface area contributed by atoms with Gasteiger partial charge in [-0.3, -0.25) is 0 Å². The number of aromatic hydroxyl groups is 2. The smallest absolute Gasteiger partial charge is 0.171 e. The third-order valence-corrected chi connectivity index (χ3v) is 2.78. The van der Waals surface area contributed by atoms with Gasteiger partial charge in [-0.15, -0.1) is 0 Å². The molecule has 2 rings (SSSR count). The third kappa shape index (κ3) is 1.71. The molecule has 0 fully saturated rings. The van der Waals surface area contributed by atoms with Gasteiger partial charge in [-0.05, 0) is 12.5 Å². The molecule has 4 heteroatoms. The molecule has 0 amide bonds. The Morgan fingerprint density at radius 3 is 2.69 bits per heavy atom. The van der Waals surface area contributed by atoms with Crippen molar-refractivity contribution in [2.75, 3.05) is 0 Å². The Balaban J connectivity index is 2.51. The first-order valence-electron chi connectivity index (χ1n) is 5.44. The van der Waals surface area contributed by atoms with E-state index in [1.807, 2.05) is 0 Å².